The zero-order valence-electron chi connectivity index (χ0n) is 7.64. The molecule has 2 atom stereocenters. The van der Waals surface area contributed by atoms with Crippen molar-refractivity contribution in [3.05, 3.63) is 35.4 Å². The minimum Gasteiger partial charge on any atom is -0.207 e. The molecular formula is C11H11BrF2. The van der Waals surface area contributed by atoms with Gasteiger partial charge in [-0.3, -0.25) is 0 Å². The van der Waals surface area contributed by atoms with Gasteiger partial charge >= 0.3 is 0 Å². The molecule has 0 aliphatic heterocycles. The van der Waals surface area contributed by atoms with E-state index in [1.54, 1.807) is 0 Å². The van der Waals surface area contributed by atoms with Gasteiger partial charge in [-0.1, -0.05) is 28.4 Å². The SMILES string of the molecule is Fc1cccc(F)c1C1CCCC1Br. The van der Waals surface area contributed by atoms with E-state index in [-0.39, 0.29) is 16.3 Å². The first kappa shape index (κ1) is 10.1. The van der Waals surface area contributed by atoms with Crippen LogP contribution in [0.5, 0.6) is 0 Å². The second-order valence-corrected chi connectivity index (χ2v) is 4.86. The van der Waals surface area contributed by atoms with Crippen LogP contribution >= 0.6 is 15.9 Å². The van der Waals surface area contributed by atoms with Gasteiger partial charge in [-0.05, 0) is 25.0 Å². The van der Waals surface area contributed by atoms with Crippen LogP contribution in [0.4, 0.5) is 8.78 Å². The Morgan fingerprint density at radius 3 is 2.29 bits per heavy atom. The van der Waals surface area contributed by atoms with Crippen molar-refractivity contribution < 1.29 is 8.78 Å². The lowest BCUT2D eigenvalue weighted by Gasteiger charge is -2.15. The van der Waals surface area contributed by atoms with E-state index in [4.69, 9.17) is 0 Å². The molecule has 0 heterocycles. The van der Waals surface area contributed by atoms with E-state index in [0.717, 1.165) is 19.3 Å². The molecule has 0 spiro atoms. The van der Waals surface area contributed by atoms with E-state index in [1.165, 1.54) is 18.2 Å². The fourth-order valence-corrected chi connectivity index (χ4v) is 2.96. The van der Waals surface area contributed by atoms with Crippen LogP contribution in [0, 0.1) is 11.6 Å². The molecule has 0 N–H and O–H groups in total. The molecule has 14 heavy (non-hydrogen) atoms. The van der Waals surface area contributed by atoms with E-state index in [9.17, 15) is 8.78 Å². The number of alkyl halides is 1. The predicted molar refractivity (Wildman–Crippen MR) is 55.7 cm³/mol. The second kappa shape index (κ2) is 3.97. The van der Waals surface area contributed by atoms with Gasteiger partial charge in [0.05, 0.1) is 0 Å². The molecule has 0 nitrogen and oxygen atoms in total. The lowest BCUT2D eigenvalue weighted by molar-refractivity contribution is 0.528. The van der Waals surface area contributed by atoms with E-state index >= 15 is 0 Å². The van der Waals surface area contributed by atoms with E-state index < -0.39 is 11.6 Å². The highest BCUT2D eigenvalue weighted by Gasteiger charge is 2.30. The van der Waals surface area contributed by atoms with Crippen molar-refractivity contribution in [3.8, 4) is 0 Å². The summed E-state index contributed by atoms with van der Waals surface area (Å²) in [5.41, 5.74) is 0.256. The highest BCUT2D eigenvalue weighted by atomic mass is 79.9. The van der Waals surface area contributed by atoms with Gasteiger partial charge in [0.1, 0.15) is 11.6 Å². The number of halogens is 3. The molecule has 0 aromatic heterocycles. The van der Waals surface area contributed by atoms with Gasteiger partial charge in [0.15, 0.2) is 0 Å². The Balaban J connectivity index is 2.39. The van der Waals surface area contributed by atoms with Crippen molar-refractivity contribution in [2.24, 2.45) is 0 Å². The Morgan fingerprint density at radius 2 is 1.79 bits per heavy atom. The third kappa shape index (κ3) is 1.70. The molecule has 0 radical (unpaired) electrons. The zero-order valence-corrected chi connectivity index (χ0v) is 9.23. The van der Waals surface area contributed by atoms with Gasteiger partial charge in [0.25, 0.3) is 0 Å². The molecule has 0 bridgehead atoms. The summed E-state index contributed by atoms with van der Waals surface area (Å²) >= 11 is 3.48. The van der Waals surface area contributed by atoms with Gasteiger partial charge in [-0.15, -0.1) is 0 Å². The summed E-state index contributed by atoms with van der Waals surface area (Å²) in [6.45, 7) is 0. The summed E-state index contributed by atoms with van der Waals surface area (Å²) in [6.07, 6.45) is 2.90. The fourth-order valence-electron chi connectivity index (χ4n) is 2.10. The van der Waals surface area contributed by atoms with Crippen LogP contribution in [-0.2, 0) is 0 Å². The van der Waals surface area contributed by atoms with Gasteiger partial charge in [-0.2, -0.15) is 0 Å². The Kier molecular flexibility index (Phi) is 2.86. The fraction of sp³-hybridized carbons (Fsp3) is 0.455. The first-order chi connectivity index (χ1) is 6.70. The third-order valence-electron chi connectivity index (χ3n) is 2.80. The summed E-state index contributed by atoms with van der Waals surface area (Å²) in [5.74, 6) is -0.834. The van der Waals surface area contributed by atoms with Crippen molar-refractivity contribution in [1.29, 1.82) is 0 Å². The lowest BCUT2D eigenvalue weighted by Crippen LogP contribution is -2.09. The van der Waals surface area contributed by atoms with Gasteiger partial charge < -0.3 is 0 Å². The van der Waals surface area contributed by atoms with Crippen LogP contribution in [0.15, 0.2) is 18.2 Å². The average molecular weight is 261 g/mol. The van der Waals surface area contributed by atoms with Crippen molar-refractivity contribution >= 4 is 15.9 Å². The summed E-state index contributed by atoms with van der Waals surface area (Å²) < 4.78 is 26.8. The Labute approximate surface area is 90.4 Å². The summed E-state index contributed by atoms with van der Waals surface area (Å²) in [4.78, 5) is 0.217. The highest BCUT2D eigenvalue weighted by molar-refractivity contribution is 9.09. The van der Waals surface area contributed by atoms with Gasteiger partial charge in [-0.25, -0.2) is 8.78 Å². The monoisotopic (exact) mass is 260 g/mol. The molecule has 1 fully saturated rings. The van der Waals surface area contributed by atoms with Crippen LogP contribution < -0.4 is 0 Å². The Morgan fingerprint density at radius 1 is 1.14 bits per heavy atom. The van der Waals surface area contributed by atoms with Crippen LogP contribution in [0.25, 0.3) is 0 Å². The normalized spacial score (nSPS) is 26.8. The van der Waals surface area contributed by atoms with Crippen LogP contribution in [-0.4, -0.2) is 4.83 Å². The zero-order chi connectivity index (χ0) is 10.1. The largest absolute Gasteiger partial charge is 0.207 e. The lowest BCUT2D eigenvalue weighted by atomic mass is 9.96. The maximum Gasteiger partial charge on any atom is 0.129 e. The Hall–Kier alpha value is -0.440. The van der Waals surface area contributed by atoms with E-state index in [2.05, 4.69) is 15.9 Å². The molecule has 2 unspecified atom stereocenters. The number of benzene rings is 1. The van der Waals surface area contributed by atoms with E-state index in [1.807, 2.05) is 0 Å². The maximum absolute atomic E-state index is 13.4. The van der Waals surface area contributed by atoms with Crippen LogP contribution in [0.2, 0.25) is 0 Å². The van der Waals surface area contributed by atoms with E-state index in [0.29, 0.717) is 0 Å². The molecular weight excluding hydrogens is 250 g/mol. The molecule has 1 saturated carbocycles. The topological polar surface area (TPSA) is 0 Å². The standard InChI is InChI=1S/C11H11BrF2/c12-8-4-1-3-7(8)11-9(13)5-2-6-10(11)14/h2,5-8H,1,3-4H2. The molecule has 1 aromatic rings. The second-order valence-electron chi connectivity index (χ2n) is 3.69. The number of hydrogen-bond donors (Lipinski definition) is 0. The molecule has 1 aliphatic carbocycles. The number of hydrogen-bond acceptors (Lipinski definition) is 0. The van der Waals surface area contributed by atoms with Crippen LogP contribution in [0.1, 0.15) is 30.7 Å². The maximum atomic E-state index is 13.4. The number of rotatable bonds is 1. The summed E-state index contributed by atoms with van der Waals surface area (Å²) in [6, 6.07) is 4.07. The van der Waals surface area contributed by atoms with Crippen molar-refractivity contribution in [2.75, 3.05) is 0 Å². The minimum absolute atomic E-state index is 0.00352. The van der Waals surface area contributed by atoms with Crippen molar-refractivity contribution in [2.45, 2.75) is 30.0 Å². The molecule has 0 saturated heterocycles. The molecule has 0 amide bonds. The smallest absolute Gasteiger partial charge is 0.129 e. The molecule has 1 aliphatic rings. The highest BCUT2D eigenvalue weighted by Crippen LogP contribution is 2.40. The molecule has 3 heteroatoms. The third-order valence-corrected chi connectivity index (χ3v) is 3.90. The predicted octanol–water partition coefficient (Wildman–Crippen LogP) is 4.00. The average Bonchev–Trinajstić information content (AvgIpc) is 2.52. The molecule has 76 valence electrons. The first-order valence-corrected chi connectivity index (χ1v) is 5.69. The van der Waals surface area contributed by atoms with Crippen molar-refractivity contribution in [3.63, 3.8) is 0 Å². The Bertz CT molecular complexity index is 318. The molecule has 1 aromatic carbocycles. The first-order valence-electron chi connectivity index (χ1n) is 4.78. The minimum atomic E-state index is -0.415. The van der Waals surface area contributed by atoms with Crippen LogP contribution in [0.3, 0.4) is 0 Å². The summed E-state index contributed by atoms with van der Waals surface area (Å²) in [7, 11) is 0. The quantitative estimate of drug-likeness (QED) is 0.670. The van der Waals surface area contributed by atoms with Gasteiger partial charge in [0.2, 0.25) is 0 Å². The molecule has 2 rings (SSSR count). The van der Waals surface area contributed by atoms with Gasteiger partial charge in [0, 0.05) is 16.3 Å². The van der Waals surface area contributed by atoms with Crippen molar-refractivity contribution in [1.82, 2.24) is 0 Å². The summed E-state index contributed by atoms with van der Waals surface area (Å²) in [5, 5.41) is 0.